The molecule has 3 heterocycles. The first-order chi connectivity index (χ1) is 11.7. The highest BCUT2D eigenvalue weighted by molar-refractivity contribution is 5.78. The maximum Gasteiger partial charge on any atom is 0.236 e. The Balaban J connectivity index is 1.53. The van der Waals surface area contributed by atoms with Crippen LogP contribution in [0.2, 0.25) is 0 Å². The second kappa shape index (κ2) is 7.87. The molecule has 1 N–H and O–H groups in total. The van der Waals surface area contributed by atoms with Crippen LogP contribution in [0.4, 0.5) is 5.82 Å². The Morgan fingerprint density at radius 3 is 2.54 bits per heavy atom. The van der Waals surface area contributed by atoms with Gasteiger partial charge in [-0.2, -0.15) is 0 Å². The Kier molecular flexibility index (Phi) is 5.60. The number of aliphatic hydroxyl groups excluding tert-OH is 1. The van der Waals surface area contributed by atoms with Crippen molar-refractivity contribution < 1.29 is 14.6 Å². The number of anilines is 1. The van der Waals surface area contributed by atoms with Crippen LogP contribution in [0, 0.1) is 6.92 Å². The maximum absolute atomic E-state index is 12.4. The van der Waals surface area contributed by atoms with Gasteiger partial charge in [0.05, 0.1) is 19.8 Å². The molecule has 3 rings (SSSR count). The monoisotopic (exact) mass is 335 g/mol. The minimum absolute atomic E-state index is 0.160. The zero-order valence-electron chi connectivity index (χ0n) is 14.1. The first-order valence-electron chi connectivity index (χ1n) is 8.44. The van der Waals surface area contributed by atoms with Crippen molar-refractivity contribution in [3.63, 3.8) is 0 Å². The summed E-state index contributed by atoms with van der Waals surface area (Å²) in [7, 11) is 0. The van der Waals surface area contributed by atoms with Gasteiger partial charge in [-0.05, 0) is 6.92 Å². The number of hydrogen-bond donors (Lipinski definition) is 1. The van der Waals surface area contributed by atoms with E-state index in [2.05, 4.69) is 19.8 Å². The fourth-order valence-electron chi connectivity index (χ4n) is 3.08. The van der Waals surface area contributed by atoms with Crippen molar-refractivity contribution in [2.75, 3.05) is 63.9 Å². The lowest BCUT2D eigenvalue weighted by Gasteiger charge is -2.37. The number of morpholine rings is 1. The molecule has 1 aromatic heterocycles. The van der Waals surface area contributed by atoms with Gasteiger partial charge in [-0.25, -0.2) is 9.97 Å². The molecule has 132 valence electrons. The van der Waals surface area contributed by atoms with Gasteiger partial charge < -0.3 is 19.6 Å². The molecule has 0 aromatic carbocycles. The van der Waals surface area contributed by atoms with Crippen molar-refractivity contribution in [1.82, 2.24) is 19.8 Å². The summed E-state index contributed by atoms with van der Waals surface area (Å²) >= 11 is 0. The van der Waals surface area contributed by atoms with Crippen molar-refractivity contribution in [2.24, 2.45) is 0 Å². The normalized spacial score (nSPS) is 19.6. The second-order valence-electron chi connectivity index (χ2n) is 6.20. The number of rotatable bonds is 4. The summed E-state index contributed by atoms with van der Waals surface area (Å²) in [6.07, 6.45) is 0. The Morgan fingerprint density at radius 2 is 1.88 bits per heavy atom. The smallest absolute Gasteiger partial charge is 0.236 e. The first kappa shape index (κ1) is 17.1. The van der Waals surface area contributed by atoms with Crippen molar-refractivity contribution in [1.29, 1.82) is 0 Å². The molecule has 0 bridgehead atoms. The van der Waals surface area contributed by atoms with E-state index in [1.807, 2.05) is 17.9 Å². The lowest BCUT2D eigenvalue weighted by Crippen LogP contribution is -2.52. The van der Waals surface area contributed by atoms with Crippen LogP contribution in [0.3, 0.4) is 0 Å². The van der Waals surface area contributed by atoms with E-state index in [4.69, 9.17) is 4.74 Å². The number of aliphatic hydroxyl groups is 1. The highest BCUT2D eigenvalue weighted by Gasteiger charge is 2.24. The van der Waals surface area contributed by atoms with E-state index in [0.717, 1.165) is 37.7 Å². The van der Waals surface area contributed by atoms with Crippen molar-refractivity contribution in [2.45, 2.75) is 13.5 Å². The van der Waals surface area contributed by atoms with E-state index in [1.165, 1.54) is 0 Å². The summed E-state index contributed by atoms with van der Waals surface area (Å²) in [5.74, 6) is 1.45. The maximum atomic E-state index is 12.4. The quantitative estimate of drug-likeness (QED) is 0.776. The zero-order chi connectivity index (χ0) is 16.9. The number of amides is 1. The Labute approximate surface area is 142 Å². The average Bonchev–Trinajstić information content (AvgIpc) is 2.62. The van der Waals surface area contributed by atoms with Crippen LogP contribution in [0.1, 0.15) is 11.5 Å². The molecule has 0 spiro atoms. The fourth-order valence-corrected chi connectivity index (χ4v) is 3.08. The number of nitrogens with zero attached hydrogens (tertiary/aromatic N) is 5. The number of carbonyl (C=O) groups excluding carboxylic acids is 1. The fraction of sp³-hybridized carbons (Fsp3) is 0.688. The second-order valence-corrected chi connectivity index (χ2v) is 6.20. The van der Waals surface area contributed by atoms with Crippen molar-refractivity contribution >= 4 is 11.7 Å². The Bertz CT molecular complexity index is 569. The first-order valence-corrected chi connectivity index (χ1v) is 8.44. The summed E-state index contributed by atoms with van der Waals surface area (Å²) in [6.45, 7) is 8.17. The van der Waals surface area contributed by atoms with Gasteiger partial charge in [0.1, 0.15) is 12.4 Å². The molecule has 8 nitrogen and oxygen atoms in total. The number of carbonyl (C=O) groups is 1. The third-order valence-electron chi connectivity index (χ3n) is 4.45. The standard InChI is InChI=1S/C16H25N5O3/c1-13-10-15(18-14(12-22)17-13)20-2-4-21(5-3-20)16(23)11-19-6-8-24-9-7-19/h10,22H,2-9,11-12H2,1H3. The molecule has 0 aliphatic carbocycles. The molecule has 0 saturated carbocycles. The van der Waals surface area contributed by atoms with Crippen LogP contribution < -0.4 is 4.90 Å². The molecule has 2 saturated heterocycles. The number of hydrogen-bond acceptors (Lipinski definition) is 7. The van der Waals surface area contributed by atoms with Gasteiger partial charge in [0.25, 0.3) is 0 Å². The van der Waals surface area contributed by atoms with Crippen LogP contribution in [0.15, 0.2) is 6.07 Å². The predicted molar refractivity (Wildman–Crippen MR) is 88.7 cm³/mol. The van der Waals surface area contributed by atoms with Gasteiger partial charge in [-0.15, -0.1) is 0 Å². The van der Waals surface area contributed by atoms with Gasteiger partial charge in [0.15, 0.2) is 5.82 Å². The average molecular weight is 335 g/mol. The Hall–Kier alpha value is -1.77. The van der Waals surface area contributed by atoms with Crippen molar-refractivity contribution in [3.8, 4) is 0 Å². The topological polar surface area (TPSA) is 82.0 Å². The molecule has 0 unspecified atom stereocenters. The van der Waals surface area contributed by atoms with Crippen LogP contribution in [0.5, 0.6) is 0 Å². The van der Waals surface area contributed by atoms with E-state index >= 15 is 0 Å². The molecule has 2 fully saturated rings. The van der Waals surface area contributed by atoms with Gasteiger partial charge in [0.2, 0.25) is 5.91 Å². The molecule has 1 aromatic rings. The molecule has 0 radical (unpaired) electrons. The van der Waals surface area contributed by atoms with Crippen LogP contribution in [-0.2, 0) is 16.1 Å². The van der Waals surface area contributed by atoms with E-state index in [-0.39, 0.29) is 12.5 Å². The highest BCUT2D eigenvalue weighted by Crippen LogP contribution is 2.15. The van der Waals surface area contributed by atoms with Crippen molar-refractivity contribution in [3.05, 3.63) is 17.6 Å². The summed E-state index contributed by atoms with van der Waals surface area (Å²) < 4.78 is 5.32. The number of aromatic nitrogens is 2. The Morgan fingerprint density at radius 1 is 1.17 bits per heavy atom. The number of aryl methyl sites for hydroxylation is 1. The van der Waals surface area contributed by atoms with Crippen LogP contribution in [-0.4, -0.2) is 89.8 Å². The van der Waals surface area contributed by atoms with E-state index in [0.29, 0.717) is 38.7 Å². The minimum atomic E-state index is -0.160. The van der Waals surface area contributed by atoms with E-state index in [9.17, 15) is 9.90 Å². The summed E-state index contributed by atoms with van der Waals surface area (Å²) in [5.41, 5.74) is 0.842. The molecule has 2 aliphatic heterocycles. The minimum Gasteiger partial charge on any atom is -0.388 e. The van der Waals surface area contributed by atoms with E-state index < -0.39 is 0 Å². The molecule has 24 heavy (non-hydrogen) atoms. The van der Waals surface area contributed by atoms with Crippen LogP contribution >= 0.6 is 0 Å². The molecule has 8 heteroatoms. The molecular formula is C16H25N5O3. The highest BCUT2D eigenvalue weighted by atomic mass is 16.5. The molecule has 0 atom stereocenters. The van der Waals surface area contributed by atoms with Crippen LogP contribution in [0.25, 0.3) is 0 Å². The summed E-state index contributed by atoms with van der Waals surface area (Å²) in [4.78, 5) is 27.2. The number of piperazine rings is 1. The predicted octanol–water partition coefficient (Wildman–Crippen LogP) is -0.742. The van der Waals surface area contributed by atoms with Gasteiger partial charge in [-0.3, -0.25) is 9.69 Å². The van der Waals surface area contributed by atoms with E-state index in [1.54, 1.807) is 0 Å². The van der Waals surface area contributed by atoms with Gasteiger partial charge >= 0.3 is 0 Å². The number of ether oxygens (including phenoxy) is 1. The lowest BCUT2D eigenvalue weighted by atomic mass is 10.2. The third kappa shape index (κ3) is 4.19. The zero-order valence-corrected chi connectivity index (χ0v) is 14.1. The van der Waals surface area contributed by atoms with Gasteiger partial charge in [-0.1, -0.05) is 0 Å². The molecule has 2 aliphatic rings. The SMILES string of the molecule is Cc1cc(N2CCN(C(=O)CN3CCOCC3)CC2)nc(CO)n1. The molecule has 1 amide bonds. The summed E-state index contributed by atoms with van der Waals surface area (Å²) in [6, 6.07) is 1.92. The third-order valence-corrected chi connectivity index (χ3v) is 4.45. The summed E-state index contributed by atoms with van der Waals surface area (Å²) in [5, 5.41) is 9.25. The lowest BCUT2D eigenvalue weighted by molar-refractivity contribution is -0.133. The molecular weight excluding hydrogens is 310 g/mol. The van der Waals surface area contributed by atoms with Gasteiger partial charge in [0, 0.05) is 51.0 Å². The largest absolute Gasteiger partial charge is 0.388 e.